The molecule has 18 heavy (non-hydrogen) atoms. The van der Waals surface area contributed by atoms with Crippen LogP contribution in [0.15, 0.2) is 36.9 Å². The second-order valence-corrected chi connectivity index (χ2v) is 5.81. The number of unbranched alkanes of at least 4 members (excludes halogenated alkanes) is 1. The van der Waals surface area contributed by atoms with Crippen molar-refractivity contribution in [2.45, 2.75) is 29.6 Å². The van der Waals surface area contributed by atoms with Crippen LogP contribution >= 0.6 is 22.6 Å². The molecular formula is C16H19IO. The number of benzene rings is 1. The highest BCUT2D eigenvalue weighted by molar-refractivity contribution is 14.1. The Balaban J connectivity index is 2.30. The number of rotatable bonds is 6. The molecule has 0 N–H and O–H groups in total. The van der Waals surface area contributed by atoms with Crippen LogP contribution in [0.25, 0.3) is 0 Å². The van der Waals surface area contributed by atoms with E-state index < -0.39 is 0 Å². The number of alkyl halides is 1. The van der Waals surface area contributed by atoms with E-state index in [9.17, 15) is 0 Å². The van der Waals surface area contributed by atoms with Crippen LogP contribution in [0.3, 0.4) is 0 Å². The van der Waals surface area contributed by atoms with Crippen molar-refractivity contribution in [3.63, 3.8) is 0 Å². The van der Waals surface area contributed by atoms with Gasteiger partial charge in [0.1, 0.15) is 5.75 Å². The zero-order valence-electron chi connectivity index (χ0n) is 10.8. The van der Waals surface area contributed by atoms with Crippen LogP contribution < -0.4 is 4.74 Å². The van der Waals surface area contributed by atoms with Crippen molar-refractivity contribution >= 4 is 22.6 Å². The fourth-order valence-corrected chi connectivity index (χ4v) is 2.35. The lowest BCUT2D eigenvalue weighted by atomic mass is 10.1. The summed E-state index contributed by atoms with van der Waals surface area (Å²) in [4.78, 5) is 0. The van der Waals surface area contributed by atoms with Crippen molar-refractivity contribution in [1.29, 1.82) is 0 Å². The van der Waals surface area contributed by atoms with E-state index >= 15 is 0 Å². The summed E-state index contributed by atoms with van der Waals surface area (Å²) < 4.78 is 5.80. The number of methoxy groups -OCH3 is 1. The van der Waals surface area contributed by atoms with Gasteiger partial charge < -0.3 is 4.74 Å². The lowest BCUT2D eigenvalue weighted by molar-refractivity contribution is 0.415. The smallest absolute Gasteiger partial charge is 0.118 e. The monoisotopic (exact) mass is 354 g/mol. The van der Waals surface area contributed by atoms with Crippen molar-refractivity contribution in [2.75, 3.05) is 7.11 Å². The van der Waals surface area contributed by atoms with Crippen LogP contribution in [-0.4, -0.2) is 11.0 Å². The summed E-state index contributed by atoms with van der Waals surface area (Å²) in [6, 6.07) is 7.86. The van der Waals surface area contributed by atoms with Crippen LogP contribution in [0.2, 0.25) is 0 Å². The number of hydrogen-bond acceptors (Lipinski definition) is 1. The van der Waals surface area contributed by atoms with E-state index in [1.165, 1.54) is 6.42 Å². The fourth-order valence-electron chi connectivity index (χ4n) is 1.55. The fraction of sp³-hybridized carbons (Fsp3) is 0.375. The molecule has 0 aliphatic heterocycles. The largest absolute Gasteiger partial charge is 0.497 e. The first-order chi connectivity index (χ1) is 8.76. The third-order valence-electron chi connectivity index (χ3n) is 2.56. The minimum atomic E-state index is 0.697. The van der Waals surface area contributed by atoms with Gasteiger partial charge >= 0.3 is 0 Å². The van der Waals surface area contributed by atoms with E-state index in [4.69, 9.17) is 4.74 Å². The molecule has 0 heterocycles. The second kappa shape index (κ2) is 9.04. The molecule has 1 nitrogen and oxygen atoms in total. The minimum Gasteiger partial charge on any atom is -0.497 e. The van der Waals surface area contributed by atoms with Crippen molar-refractivity contribution in [3.05, 3.63) is 42.5 Å². The standard InChI is InChI=1S/C16H19IO/c1-3-7-15(17)9-6-4-5-8-14-10-12-16(18-2)13-11-14/h3,10-13,15H,1,4,6-7,9H2,2H3. The molecule has 0 saturated carbocycles. The Kier molecular flexibility index (Phi) is 7.59. The van der Waals surface area contributed by atoms with Crippen molar-refractivity contribution in [2.24, 2.45) is 0 Å². The molecule has 1 unspecified atom stereocenters. The van der Waals surface area contributed by atoms with Crippen LogP contribution in [0.1, 0.15) is 31.2 Å². The van der Waals surface area contributed by atoms with Crippen LogP contribution in [0.5, 0.6) is 5.75 Å². The predicted molar refractivity (Wildman–Crippen MR) is 86.3 cm³/mol. The molecule has 0 bridgehead atoms. The number of halogens is 1. The maximum Gasteiger partial charge on any atom is 0.118 e. The highest BCUT2D eigenvalue weighted by atomic mass is 127. The van der Waals surface area contributed by atoms with Crippen LogP contribution in [0, 0.1) is 11.8 Å². The Morgan fingerprint density at radius 2 is 2.11 bits per heavy atom. The molecule has 1 atom stereocenters. The Hall–Kier alpha value is -0.950. The summed E-state index contributed by atoms with van der Waals surface area (Å²) in [7, 11) is 1.67. The third kappa shape index (κ3) is 6.11. The van der Waals surface area contributed by atoms with Gasteiger partial charge in [0.15, 0.2) is 0 Å². The molecule has 0 aromatic heterocycles. The van der Waals surface area contributed by atoms with Crippen molar-refractivity contribution in [1.82, 2.24) is 0 Å². The summed E-state index contributed by atoms with van der Waals surface area (Å²) in [6.45, 7) is 3.76. The Morgan fingerprint density at radius 3 is 2.72 bits per heavy atom. The van der Waals surface area contributed by atoms with Gasteiger partial charge in [-0.2, -0.15) is 0 Å². The van der Waals surface area contributed by atoms with Gasteiger partial charge in [-0.05, 0) is 43.5 Å². The summed E-state index contributed by atoms with van der Waals surface area (Å²) in [5.74, 6) is 7.26. The SMILES string of the molecule is C=CCC(I)CCCC#Cc1ccc(OC)cc1. The summed E-state index contributed by atoms with van der Waals surface area (Å²) in [5.41, 5.74) is 1.05. The van der Waals surface area contributed by atoms with Gasteiger partial charge in [0.05, 0.1) is 7.11 Å². The molecule has 0 amide bonds. The third-order valence-corrected chi connectivity index (χ3v) is 3.70. The summed E-state index contributed by atoms with van der Waals surface area (Å²) in [6.07, 6.45) is 6.41. The molecule has 0 aliphatic rings. The van der Waals surface area contributed by atoms with E-state index in [1.807, 2.05) is 30.3 Å². The van der Waals surface area contributed by atoms with Gasteiger partial charge in [-0.3, -0.25) is 0 Å². The number of ether oxygens (including phenoxy) is 1. The zero-order chi connectivity index (χ0) is 13.2. The molecule has 0 radical (unpaired) electrons. The van der Waals surface area contributed by atoms with Gasteiger partial charge in [0.2, 0.25) is 0 Å². The lowest BCUT2D eigenvalue weighted by Gasteiger charge is -2.03. The zero-order valence-corrected chi connectivity index (χ0v) is 12.9. The molecule has 0 spiro atoms. The molecule has 96 valence electrons. The topological polar surface area (TPSA) is 9.23 Å². The summed E-state index contributed by atoms with van der Waals surface area (Å²) in [5, 5.41) is 0. The molecular weight excluding hydrogens is 335 g/mol. The normalized spacial score (nSPS) is 11.2. The Labute approximate surface area is 124 Å². The molecule has 0 aliphatic carbocycles. The minimum absolute atomic E-state index is 0.697. The average Bonchev–Trinajstić information content (AvgIpc) is 2.39. The molecule has 2 heteroatoms. The van der Waals surface area contributed by atoms with E-state index in [2.05, 4.69) is 41.0 Å². The van der Waals surface area contributed by atoms with E-state index in [-0.39, 0.29) is 0 Å². The van der Waals surface area contributed by atoms with E-state index in [0.717, 1.165) is 30.6 Å². The predicted octanol–water partition coefficient (Wildman–Crippen LogP) is 4.60. The molecule has 1 rings (SSSR count). The van der Waals surface area contributed by atoms with Gasteiger partial charge in [0, 0.05) is 15.9 Å². The summed E-state index contributed by atoms with van der Waals surface area (Å²) >= 11 is 2.48. The maximum absolute atomic E-state index is 5.10. The van der Waals surface area contributed by atoms with E-state index in [1.54, 1.807) is 7.11 Å². The lowest BCUT2D eigenvalue weighted by Crippen LogP contribution is -1.94. The Bertz CT molecular complexity index is 411. The first kappa shape index (κ1) is 15.1. The molecule has 1 aromatic rings. The van der Waals surface area contributed by atoms with Crippen molar-refractivity contribution < 1.29 is 4.74 Å². The molecule has 0 fully saturated rings. The molecule has 0 saturated heterocycles. The highest BCUT2D eigenvalue weighted by Crippen LogP contribution is 2.14. The van der Waals surface area contributed by atoms with Gasteiger partial charge in [0.25, 0.3) is 0 Å². The van der Waals surface area contributed by atoms with Crippen LogP contribution in [-0.2, 0) is 0 Å². The Morgan fingerprint density at radius 1 is 1.39 bits per heavy atom. The van der Waals surface area contributed by atoms with Gasteiger partial charge in [-0.1, -0.05) is 40.5 Å². The van der Waals surface area contributed by atoms with Crippen LogP contribution in [0.4, 0.5) is 0 Å². The quantitative estimate of drug-likeness (QED) is 0.239. The average molecular weight is 354 g/mol. The van der Waals surface area contributed by atoms with Crippen molar-refractivity contribution in [3.8, 4) is 17.6 Å². The first-order valence-corrected chi connectivity index (χ1v) is 7.38. The highest BCUT2D eigenvalue weighted by Gasteiger charge is 1.99. The number of allylic oxidation sites excluding steroid dienone is 1. The maximum atomic E-state index is 5.10. The number of hydrogen-bond donors (Lipinski definition) is 0. The first-order valence-electron chi connectivity index (χ1n) is 6.14. The van der Waals surface area contributed by atoms with E-state index in [0.29, 0.717) is 3.92 Å². The second-order valence-electron chi connectivity index (χ2n) is 4.04. The van der Waals surface area contributed by atoms with Gasteiger partial charge in [-0.25, -0.2) is 0 Å². The molecule has 1 aromatic carbocycles. The van der Waals surface area contributed by atoms with Gasteiger partial charge in [-0.15, -0.1) is 6.58 Å².